The molecule has 1 rings (SSSR count). The van der Waals surface area contributed by atoms with Crippen molar-refractivity contribution in [1.82, 2.24) is 15.1 Å². The Bertz CT molecular complexity index is 413. The van der Waals surface area contributed by atoms with Crippen LogP contribution >= 0.6 is 0 Å². The van der Waals surface area contributed by atoms with Crippen LogP contribution in [0, 0.1) is 5.92 Å². The van der Waals surface area contributed by atoms with Gasteiger partial charge in [-0.3, -0.25) is 4.79 Å². The van der Waals surface area contributed by atoms with Crippen LogP contribution in [-0.2, 0) is 9.53 Å². The molecule has 8 heteroatoms. The molecule has 1 aliphatic heterocycles. The summed E-state index contributed by atoms with van der Waals surface area (Å²) in [6, 6.07) is -1.29. The van der Waals surface area contributed by atoms with Crippen molar-refractivity contribution in [1.29, 1.82) is 0 Å². The van der Waals surface area contributed by atoms with Crippen molar-refractivity contribution in [2.45, 2.75) is 32.9 Å². The number of methoxy groups -OCH3 is 1. The molecule has 1 aliphatic rings. The fourth-order valence-corrected chi connectivity index (χ4v) is 2.36. The summed E-state index contributed by atoms with van der Waals surface area (Å²) in [6.45, 7) is 6.74. The first kappa shape index (κ1) is 17.1. The third-order valence-electron chi connectivity index (χ3n) is 3.61. The van der Waals surface area contributed by atoms with Gasteiger partial charge < -0.3 is 25.6 Å². The van der Waals surface area contributed by atoms with E-state index in [1.807, 2.05) is 20.8 Å². The lowest BCUT2D eigenvalue weighted by Crippen LogP contribution is -2.61. The Hall–Kier alpha value is -1.99. The minimum absolute atomic E-state index is 0.0713. The Kier molecular flexibility index (Phi) is 5.80. The maximum Gasteiger partial charge on any atom is 0.407 e. The minimum atomic E-state index is -0.653. The molecule has 0 saturated carbocycles. The maximum absolute atomic E-state index is 12.6. The zero-order valence-corrected chi connectivity index (χ0v) is 13.0. The number of amides is 4. The van der Waals surface area contributed by atoms with E-state index in [1.165, 1.54) is 12.0 Å². The number of hydrogen-bond donors (Lipinski definition) is 2. The molecule has 0 aromatic carbocycles. The van der Waals surface area contributed by atoms with Gasteiger partial charge in [-0.15, -0.1) is 0 Å². The number of carbonyl (C=O) groups excluding carboxylic acids is 3. The van der Waals surface area contributed by atoms with Crippen LogP contribution in [0.3, 0.4) is 0 Å². The monoisotopic (exact) mass is 300 g/mol. The SMILES string of the molecule is COC(=O)N[C@H](C(=O)N1CCN(C(N)=O)C[C@@H]1C)C(C)C. The smallest absolute Gasteiger partial charge is 0.407 e. The third kappa shape index (κ3) is 4.24. The van der Waals surface area contributed by atoms with Crippen LogP contribution in [0.1, 0.15) is 20.8 Å². The molecule has 21 heavy (non-hydrogen) atoms. The van der Waals surface area contributed by atoms with E-state index in [0.29, 0.717) is 19.6 Å². The standard InChI is InChI=1S/C13H24N4O4/c1-8(2)10(15-13(20)21-4)11(18)17-6-5-16(12(14)19)7-9(17)3/h8-10H,5-7H2,1-4H3,(H2,14,19)(H,15,20)/t9-,10-/m0/s1. The molecular weight excluding hydrogens is 276 g/mol. The number of piperazine rings is 1. The highest BCUT2D eigenvalue weighted by Gasteiger charge is 2.34. The minimum Gasteiger partial charge on any atom is -0.453 e. The van der Waals surface area contributed by atoms with Gasteiger partial charge in [0, 0.05) is 25.7 Å². The summed E-state index contributed by atoms with van der Waals surface area (Å²) in [4.78, 5) is 38.3. The number of rotatable bonds is 3. The lowest BCUT2D eigenvalue weighted by atomic mass is 10.0. The molecule has 3 N–H and O–H groups in total. The number of ether oxygens (including phenoxy) is 1. The first-order valence-electron chi connectivity index (χ1n) is 6.97. The number of urea groups is 1. The van der Waals surface area contributed by atoms with E-state index in [0.717, 1.165) is 0 Å². The molecular formula is C13H24N4O4. The van der Waals surface area contributed by atoms with E-state index in [1.54, 1.807) is 4.90 Å². The number of primary amides is 1. The molecule has 1 heterocycles. The van der Waals surface area contributed by atoms with Gasteiger partial charge in [-0.1, -0.05) is 13.8 Å². The van der Waals surface area contributed by atoms with Gasteiger partial charge in [-0.05, 0) is 12.8 Å². The summed E-state index contributed by atoms with van der Waals surface area (Å²) >= 11 is 0. The second kappa shape index (κ2) is 7.14. The zero-order valence-electron chi connectivity index (χ0n) is 13.0. The molecule has 120 valence electrons. The van der Waals surface area contributed by atoms with Crippen LogP contribution in [0.15, 0.2) is 0 Å². The van der Waals surface area contributed by atoms with Crippen LogP contribution in [-0.4, -0.2) is 66.7 Å². The molecule has 2 atom stereocenters. The Morgan fingerprint density at radius 3 is 2.33 bits per heavy atom. The average molecular weight is 300 g/mol. The summed E-state index contributed by atoms with van der Waals surface area (Å²) in [5.41, 5.74) is 5.25. The van der Waals surface area contributed by atoms with Gasteiger partial charge in [0.1, 0.15) is 6.04 Å². The Morgan fingerprint density at radius 1 is 1.29 bits per heavy atom. The number of nitrogens with one attached hydrogen (secondary N) is 1. The highest BCUT2D eigenvalue weighted by atomic mass is 16.5. The van der Waals surface area contributed by atoms with Crippen LogP contribution in [0.2, 0.25) is 0 Å². The normalized spacial score (nSPS) is 20.1. The van der Waals surface area contributed by atoms with Crippen LogP contribution in [0.25, 0.3) is 0 Å². The molecule has 0 radical (unpaired) electrons. The summed E-state index contributed by atoms with van der Waals surface area (Å²) in [5.74, 6) is -0.245. The predicted molar refractivity (Wildman–Crippen MR) is 76.5 cm³/mol. The highest BCUT2D eigenvalue weighted by Crippen LogP contribution is 2.14. The molecule has 0 aromatic rings. The molecule has 0 spiro atoms. The van der Waals surface area contributed by atoms with Crippen molar-refractivity contribution < 1.29 is 19.1 Å². The lowest BCUT2D eigenvalue weighted by Gasteiger charge is -2.41. The first-order chi connectivity index (χ1) is 9.77. The van der Waals surface area contributed by atoms with Gasteiger partial charge in [0.2, 0.25) is 5.91 Å². The molecule has 0 bridgehead atoms. The number of alkyl carbamates (subject to hydrolysis) is 1. The summed E-state index contributed by atoms with van der Waals surface area (Å²) in [5, 5.41) is 2.56. The molecule has 4 amide bonds. The maximum atomic E-state index is 12.6. The quantitative estimate of drug-likeness (QED) is 0.764. The summed E-state index contributed by atoms with van der Waals surface area (Å²) in [7, 11) is 1.26. The fraction of sp³-hybridized carbons (Fsp3) is 0.769. The van der Waals surface area contributed by atoms with E-state index >= 15 is 0 Å². The van der Waals surface area contributed by atoms with E-state index in [4.69, 9.17) is 5.73 Å². The number of nitrogens with two attached hydrogens (primary N) is 1. The van der Waals surface area contributed by atoms with E-state index in [9.17, 15) is 14.4 Å². The van der Waals surface area contributed by atoms with Crippen molar-refractivity contribution in [3.05, 3.63) is 0 Å². The Morgan fingerprint density at radius 2 is 1.90 bits per heavy atom. The van der Waals surface area contributed by atoms with Crippen LogP contribution in [0.4, 0.5) is 9.59 Å². The number of carbonyl (C=O) groups is 3. The van der Waals surface area contributed by atoms with Gasteiger partial charge in [-0.25, -0.2) is 9.59 Å². The molecule has 1 fully saturated rings. The van der Waals surface area contributed by atoms with Gasteiger partial charge in [-0.2, -0.15) is 0 Å². The van der Waals surface area contributed by atoms with Crippen LogP contribution < -0.4 is 11.1 Å². The average Bonchev–Trinajstić information content (AvgIpc) is 2.43. The van der Waals surface area contributed by atoms with Gasteiger partial charge in [0.25, 0.3) is 0 Å². The number of hydrogen-bond acceptors (Lipinski definition) is 4. The van der Waals surface area contributed by atoms with Crippen molar-refractivity contribution in [2.24, 2.45) is 11.7 Å². The summed E-state index contributed by atoms with van der Waals surface area (Å²) in [6.07, 6.45) is -0.634. The van der Waals surface area contributed by atoms with Crippen LogP contribution in [0.5, 0.6) is 0 Å². The van der Waals surface area contributed by atoms with Crippen molar-refractivity contribution in [3.8, 4) is 0 Å². The van der Waals surface area contributed by atoms with Crippen molar-refractivity contribution in [3.63, 3.8) is 0 Å². The summed E-state index contributed by atoms with van der Waals surface area (Å²) < 4.78 is 4.55. The first-order valence-corrected chi connectivity index (χ1v) is 6.97. The Balaban J connectivity index is 2.76. The fourth-order valence-electron chi connectivity index (χ4n) is 2.36. The highest BCUT2D eigenvalue weighted by molar-refractivity contribution is 5.86. The Labute approximate surface area is 124 Å². The zero-order chi connectivity index (χ0) is 16.2. The topological polar surface area (TPSA) is 105 Å². The molecule has 1 saturated heterocycles. The van der Waals surface area contributed by atoms with Gasteiger partial charge in [0.05, 0.1) is 7.11 Å². The van der Waals surface area contributed by atoms with E-state index in [2.05, 4.69) is 10.1 Å². The lowest BCUT2D eigenvalue weighted by molar-refractivity contribution is -0.138. The van der Waals surface area contributed by atoms with Crippen molar-refractivity contribution in [2.75, 3.05) is 26.7 Å². The molecule has 8 nitrogen and oxygen atoms in total. The molecule has 0 aliphatic carbocycles. The van der Waals surface area contributed by atoms with E-state index < -0.39 is 18.2 Å². The second-order valence-corrected chi connectivity index (χ2v) is 5.52. The second-order valence-electron chi connectivity index (χ2n) is 5.52. The predicted octanol–water partition coefficient (Wildman–Crippen LogP) is -0.0216. The molecule has 0 unspecified atom stereocenters. The molecule has 0 aromatic heterocycles. The van der Waals surface area contributed by atoms with E-state index in [-0.39, 0.29) is 17.9 Å². The van der Waals surface area contributed by atoms with Crippen molar-refractivity contribution >= 4 is 18.0 Å². The number of nitrogens with zero attached hydrogens (tertiary/aromatic N) is 2. The van der Waals surface area contributed by atoms with Gasteiger partial charge >= 0.3 is 12.1 Å². The largest absolute Gasteiger partial charge is 0.453 e. The van der Waals surface area contributed by atoms with Gasteiger partial charge in [0.15, 0.2) is 0 Å². The third-order valence-corrected chi connectivity index (χ3v) is 3.61.